The van der Waals surface area contributed by atoms with E-state index in [4.69, 9.17) is 17.0 Å². The number of carboxylic acids is 1. The van der Waals surface area contributed by atoms with Gasteiger partial charge >= 0.3 is 5.97 Å². The standard InChI is InChI=1S/C16H13BrN2O4S/c1-23-13-5-3-2-4-10(13)14(20)19-16(24)18-12-7-6-9(17)8-11(12)15(21)22/h2-8H,1H3,(H,21,22)(H2,18,19,20,24). The van der Waals surface area contributed by atoms with E-state index in [2.05, 4.69) is 26.6 Å². The summed E-state index contributed by atoms with van der Waals surface area (Å²) in [5, 5.41) is 14.4. The minimum atomic E-state index is -1.11. The molecule has 2 aromatic rings. The van der Waals surface area contributed by atoms with Gasteiger partial charge in [0.1, 0.15) is 5.75 Å². The van der Waals surface area contributed by atoms with Gasteiger partial charge in [-0.05, 0) is 42.5 Å². The van der Waals surface area contributed by atoms with Crippen LogP contribution >= 0.6 is 28.1 Å². The molecule has 0 saturated carbocycles. The Hall–Kier alpha value is -2.45. The minimum absolute atomic E-state index is 0.0178. The van der Waals surface area contributed by atoms with Gasteiger partial charge in [-0.2, -0.15) is 0 Å². The second kappa shape index (κ2) is 7.89. The lowest BCUT2D eigenvalue weighted by atomic mass is 10.2. The maximum Gasteiger partial charge on any atom is 0.337 e. The molecule has 0 aliphatic rings. The van der Waals surface area contributed by atoms with Crippen LogP contribution in [-0.4, -0.2) is 29.2 Å². The number of para-hydroxylation sites is 1. The van der Waals surface area contributed by atoms with Gasteiger partial charge < -0.3 is 15.2 Å². The molecule has 0 aliphatic heterocycles. The molecule has 0 saturated heterocycles. The summed E-state index contributed by atoms with van der Waals surface area (Å²) in [4.78, 5) is 23.5. The van der Waals surface area contributed by atoms with Crippen LogP contribution in [0.1, 0.15) is 20.7 Å². The van der Waals surface area contributed by atoms with Crippen molar-refractivity contribution in [3.63, 3.8) is 0 Å². The van der Waals surface area contributed by atoms with E-state index < -0.39 is 11.9 Å². The highest BCUT2D eigenvalue weighted by atomic mass is 79.9. The molecule has 0 unspecified atom stereocenters. The van der Waals surface area contributed by atoms with E-state index in [0.717, 1.165) is 0 Å². The Balaban J connectivity index is 2.14. The van der Waals surface area contributed by atoms with E-state index in [1.165, 1.54) is 13.2 Å². The average Bonchev–Trinajstić information content (AvgIpc) is 2.56. The first-order valence-electron chi connectivity index (χ1n) is 6.70. The molecular formula is C16H13BrN2O4S. The van der Waals surface area contributed by atoms with Gasteiger partial charge in [-0.25, -0.2) is 4.79 Å². The van der Waals surface area contributed by atoms with Crippen molar-refractivity contribution >= 4 is 50.8 Å². The summed E-state index contributed by atoms with van der Waals surface area (Å²) in [6.45, 7) is 0. The molecule has 0 heterocycles. The van der Waals surface area contributed by atoms with Gasteiger partial charge in [-0.3, -0.25) is 10.1 Å². The highest BCUT2D eigenvalue weighted by Gasteiger charge is 2.15. The Kier molecular flexibility index (Phi) is 5.88. The van der Waals surface area contributed by atoms with Crippen LogP contribution in [0.5, 0.6) is 5.75 Å². The number of hydrogen-bond donors (Lipinski definition) is 3. The number of ether oxygens (including phenoxy) is 1. The third kappa shape index (κ3) is 4.30. The lowest BCUT2D eigenvalue weighted by Crippen LogP contribution is -2.34. The Labute approximate surface area is 152 Å². The molecule has 6 nitrogen and oxygen atoms in total. The number of thiocarbonyl (C=S) groups is 1. The molecule has 3 N–H and O–H groups in total. The third-order valence-electron chi connectivity index (χ3n) is 3.04. The molecule has 8 heteroatoms. The Morgan fingerprint density at radius 2 is 1.88 bits per heavy atom. The fourth-order valence-corrected chi connectivity index (χ4v) is 2.52. The first kappa shape index (κ1) is 17.9. The monoisotopic (exact) mass is 408 g/mol. The molecule has 0 aliphatic carbocycles. The van der Waals surface area contributed by atoms with E-state index in [1.807, 2.05) is 0 Å². The minimum Gasteiger partial charge on any atom is -0.496 e. The second-order valence-corrected chi connectivity index (χ2v) is 5.93. The third-order valence-corrected chi connectivity index (χ3v) is 3.74. The smallest absolute Gasteiger partial charge is 0.337 e. The van der Waals surface area contributed by atoms with Crippen molar-refractivity contribution in [3.05, 3.63) is 58.1 Å². The number of carbonyl (C=O) groups excluding carboxylic acids is 1. The molecule has 0 fully saturated rings. The van der Waals surface area contributed by atoms with Crippen molar-refractivity contribution in [1.29, 1.82) is 0 Å². The molecule has 2 rings (SSSR count). The number of anilines is 1. The first-order valence-corrected chi connectivity index (χ1v) is 7.90. The molecule has 0 spiro atoms. The molecule has 0 radical (unpaired) electrons. The topological polar surface area (TPSA) is 87.7 Å². The summed E-state index contributed by atoms with van der Waals surface area (Å²) in [5.74, 6) is -1.16. The van der Waals surface area contributed by atoms with E-state index in [1.54, 1.807) is 36.4 Å². The van der Waals surface area contributed by atoms with Crippen LogP contribution in [0.3, 0.4) is 0 Å². The summed E-state index contributed by atoms with van der Waals surface area (Å²) in [6.07, 6.45) is 0. The van der Waals surface area contributed by atoms with Crippen LogP contribution in [0.15, 0.2) is 46.9 Å². The van der Waals surface area contributed by atoms with Crippen LogP contribution in [0.2, 0.25) is 0 Å². The number of halogens is 1. The summed E-state index contributed by atoms with van der Waals surface area (Å²) in [7, 11) is 1.46. The first-order chi connectivity index (χ1) is 11.4. The van der Waals surface area contributed by atoms with E-state index in [9.17, 15) is 14.7 Å². The van der Waals surface area contributed by atoms with Crippen LogP contribution in [0.4, 0.5) is 5.69 Å². The predicted molar refractivity (Wildman–Crippen MR) is 97.8 cm³/mol. The van der Waals surface area contributed by atoms with Gasteiger partial charge in [0.2, 0.25) is 0 Å². The zero-order chi connectivity index (χ0) is 17.7. The highest BCUT2D eigenvalue weighted by Crippen LogP contribution is 2.21. The number of hydrogen-bond acceptors (Lipinski definition) is 4. The van der Waals surface area contributed by atoms with Crippen molar-refractivity contribution in [2.75, 3.05) is 12.4 Å². The van der Waals surface area contributed by atoms with Crippen molar-refractivity contribution in [1.82, 2.24) is 5.32 Å². The quantitative estimate of drug-likeness (QED) is 0.672. The lowest BCUT2D eigenvalue weighted by Gasteiger charge is -2.13. The fourth-order valence-electron chi connectivity index (χ4n) is 1.96. The number of aromatic carboxylic acids is 1. The number of carboxylic acid groups (broad SMARTS) is 1. The van der Waals surface area contributed by atoms with Gasteiger partial charge in [0.05, 0.1) is 23.9 Å². The van der Waals surface area contributed by atoms with E-state index in [-0.39, 0.29) is 16.4 Å². The summed E-state index contributed by atoms with van der Waals surface area (Å²) < 4.78 is 5.74. The molecular weight excluding hydrogens is 396 g/mol. The molecule has 24 heavy (non-hydrogen) atoms. The SMILES string of the molecule is COc1ccccc1C(=O)NC(=S)Nc1ccc(Br)cc1C(=O)O. The Bertz CT molecular complexity index is 810. The number of benzene rings is 2. The fraction of sp³-hybridized carbons (Fsp3) is 0.0625. The number of amides is 1. The maximum atomic E-state index is 12.3. The van der Waals surface area contributed by atoms with Gasteiger partial charge in [-0.15, -0.1) is 0 Å². The lowest BCUT2D eigenvalue weighted by molar-refractivity contribution is 0.0697. The van der Waals surface area contributed by atoms with Gasteiger partial charge in [0, 0.05) is 4.47 Å². The second-order valence-electron chi connectivity index (χ2n) is 4.60. The highest BCUT2D eigenvalue weighted by molar-refractivity contribution is 9.10. The Morgan fingerprint density at radius 3 is 2.54 bits per heavy atom. The largest absolute Gasteiger partial charge is 0.496 e. The average molecular weight is 409 g/mol. The maximum absolute atomic E-state index is 12.3. The van der Waals surface area contributed by atoms with Gasteiger partial charge in [-0.1, -0.05) is 28.1 Å². The van der Waals surface area contributed by atoms with Gasteiger partial charge in [0.25, 0.3) is 5.91 Å². The summed E-state index contributed by atoms with van der Waals surface area (Å²) in [6, 6.07) is 11.4. The van der Waals surface area contributed by atoms with Crippen molar-refractivity contribution in [2.24, 2.45) is 0 Å². The normalized spacial score (nSPS) is 9.92. The van der Waals surface area contributed by atoms with Crippen LogP contribution in [0.25, 0.3) is 0 Å². The van der Waals surface area contributed by atoms with Crippen LogP contribution < -0.4 is 15.4 Å². The predicted octanol–water partition coefficient (Wildman–Crippen LogP) is 3.28. The number of carbonyl (C=O) groups is 2. The molecule has 0 bridgehead atoms. The molecule has 0 aromatic heterocycles. The van der Waals surface area contributed by atoms with Crippen molar-refractivity contribution < 1.29 is 19.4 Å². The number of rotatable bonds is 4. The van der Waals surface area contributed by atoms with Crippen LogP contribution in [0, 0.1) is 0 Å². The van der Waals surface area contributed by atoms with Crippen LogP contribution in [-0.2, 0) is 0 Å². The molecule has 0 atom stereocenters. The van der Waals surface area contributed by atoms with Crippen molar-refractivity contribution in [2.45, 2.75) is 0 Å². The van der Waals surface area contributed by atoms with Gasteiger partial charge in [0.15, 0.2) is 5.11 Å². The summed E-state index contributed by atoms with van der Waals surface area (Å²) in [5.41, 5.74) is 0.618. The summed E-state index contributed by atoms with van der Waals surface area (Å²) >= 11 is 8.29. The number of nitrogens with one attached hydrogen (secondary N) is 2. The van der Waals surface area contributed by atoms with E-state index >= 15 is 0 Å². The molecule has 124 valence electrons. The molecule has 1 amide bonds. The zero-order valence-corrected chi connectivity index (χ0v) is 14.9. The number of methoxy groups -OCH3 is 1. The van der Waals surface area contributed by atoms with Crippen molar-refractivity contribution in [3.8, 4) is 5.75 Å². The zero-order valence-electron chi connectivity index (χ0n) is 12.5. The van der Waals surface area contributed by atoms with E-state index in [0.29, 0.717) is 15.8 Å². The molecule has 2 aromatic carbocycles. The Morgan fingerprint density at radius 1 is 1.17 bits per heavy atom.